The summed E-state index contributed by atoms with van der Waals surface area (Å²) in [7, 11) is 0. The van der Waals surface area contributed by atoms with E-state index in [4.69, 9.17) is 11.6 Å². The highest BCUT2D eigenvalue weighted by Crippen LogP contribution is 2.31. The van der Waals surface area contributed by atoms with Crippen molar-refractivity contribution < 1.29 is 4.92 Å². The lowest BCUT2D eigenvalue weighted by Gasteiger charge is -1.98. The first-order valence-corrected chi connectivity index (χ1v) is 5.49. The molecule has 0 aliphatic rings. The van der Waals surface area contributed by atoms with Crippen LogP contribution in [0.5, 0.6) is 0 Å². The zero-order valence-electron chi connectivity index (χ0n) is 8.42. The molecule has 2 aromatic heterocycles. The summed E-state index contributed by atoms with van der Waals surface area (Å²) in [6.07, 6.45) is 1.05. The van der Waals surface area contributed by atoms with Gasteiger partial charge in [-0.3, -0.25) is 15.2 Å². The molecule has 17 heavy (non-hydrogen) atoms. The third-order valence-corrected chi connectivity index (χ3v) is 2.71. The molecule has 2 rings (SSSR count). The van der Waals surface area contributed by atoms with Gasteiger partial charge in [0.05, 0.1) is 4.92 Å². The van der Waals surface area contributed by atoms with Gasteiger partial charge in [-0.25, -0.2) is 15.0 Å². The number of rotatable bonds is 3. The van der Waals surface area contributed by atoms with Gasteiger partial charge in [-0.15, -0.1) is 5.10 Å². The average Bonchev–Trinajstić information content (AvgIpc) is 2.63. The van der Waals surface area contributed by atoms with Gasteiger partial charge in [0, 0.05) is 0 Å². The zero-order chi connectivity index (χ0) is 12.4. The van der Waals surface area contributed by atoms with Crippen LogP contribution in [0.25, 0.3) is 0 Å². The fourth-order valence-corrected chi connectivity index (χ4v) is 1.99. The minimum atomic E-state index is -0.585. The number of nitrogens with one attached hydrogen (secondary N) is 1. The Labute approximate surface area is 104 Å². The largest absolute Gasteiger partial charge is 0.320 e. The molecule has 0 saturated heterocycles. The fraction of sp³-hybridized carbons (Fsp3) is 0.143. The Kier molecular flexibility index (Phi) is 3.20. The molecule has 0 aliphatic heterocycles. The predicted octanol–water partition coefficient (Wildman–Crippen LogP) is 1.62. The fourth-order valence-electron chi connectivity index (χ4n) is 0.994. The maximum atomic E-state index is 10.7. The molecule has 0 bridgehead atoms. The first kappa shape index (κ1) is 11.7. The molecule has 0 radical (unpaired) electrons. The van der Waals surface area contributed by atoms with Crippen molar-refractivity contribution in [2.24, 2.45) is 0 Å². The van der Waals surface area contributed by atoms with Crippen LogP contribution in [0, 0.1) is 17.0 Å². The average molecular weight is 273 g/mol. The van der Waals surface area contributed by atoms with Crippen molar-refractivity contribution in [3.63, 3.8) is 0 Å². The highest BCUT2D eigenvalue weighted by molar-refractivity contribution is 7.99. The van der Waals surface area contributed by atoms with Crippen LogP contribution >= 0.6 is 23.4 Å². The van der Waals surface area contributed by atoms with Gasteiger partial charge in [-0.1, -0.05) is 0 Å². The number of hydrogen-bond donors (Lipinski definition) is 1. The number of aryl methyl sites for hydroxylation is 1. The molecular formula is C7H5ClN6O2S. The molecule has 8 nitrogen and oxygen atoms in total. The van der Waals surface area contributed by atoms with Crippen LogP contribution in [0.2, 0.25) is 5.28 Å². The predicted molar refractivity (Wildman–Crippen MR) is 58.9 cm³/mol. The minimum absolute atomic E-state index is 0.0645. The Morgan fingerprint density at radius 1 is 1.53 bits per heavy atom. The summed E-state index contributed by atoms with van der Waals surface area (Å²) in [5.74, 6) is 0.607. The van der Waals surface area contributed by atoms with E-state index < -0.39 is 4.92 Å². The van der Waals surface area contributed by atoms with E-state index in [9.17, 15) is 10.1 Å². The van der Waals surface area contributed by atoms with Crippen LogP contribution < -0.4 is 0 Å². The second kappa shape index (κ2) is 4.63. The molecule has 0 aliphatic carbocycles. The highest BCUT2D eigenvalue weighted by Gasteiger charge is 2.19. The summed E-state index contributed by atoms with van der Waals surface area (Å²) in [4.78, 5) is 21.5. The summed E-state index contributed by atoms with van der Waals surface area (Å²) in [6, 6.07) is 0. The van der Waals surface area contributed by atoms with Gasteiger partial charge in [-0.2, -0.15) is 0 Å². The molecule has 0 amide bonds. The van der Waals surface area contributed by atoms with Crippen molar-refractivity contribution >= 4 is 29.1 Å². The van der Waals surface area contributed by atoms with E-state index in [-0.39, 0.29) is 16.0 Å². The molecule has 0 saturated carbocycles. The normalized spacial score (nSPS) is 10.5. The van der Waals surface area contributed by atoms with Crippen molar-refractivity contribution in [1.82, 2.24) is 25.1 Å². The van der Waals surface area contributed by atoms with E-state index in [2.05, 4.69) is 25.1 Å². The number of H-pyrrole nitrogens is 1. The SMILES string of the molecule is Cc1nc(Sc2nc(Cl)ncc2[N+](=O)[O-])n[nH]1. The molecule has 0 atom stereocenters. The third kappa shape index (κ3) is 2.68. The topological polar surface area (TPSA) is 110 Å². The van der Waals surface area contributed by atoms with E-state index in [0.717, 1.165) is 18.0 Å². The van der Waals surface area contributed by atoms with E-state index in [0.29, 0.717) is 11.0 Å². The van der Waals surface area contributed by atoms with Crippen molar-refractivity contribution in [3.8, 4) is 0 Å². The van der Waals surface area contributed by atoms with Gasteiger partial charge in [0.1, 0.15) is 12.0 Å². The van der Waals surface area contributed by atoms with E-state index in [1.807, 2.05) is 0 Å². The van der Waals surface area contributed by atoms with Gasteiger partial charge in [-0.05, 0) is 30.3 Å². The van der Waals surface area contributed by atoms with Gasteiger partial charge < -0.3 is 0 Å². The third-order valence-electron chi connectivity index (χ3n) is 1.67. The van der Waals surface area contributed by atoms with E-state index in [1.165, 1.54) is 0 Å². The Hall–Kier alpha value is -1.74. The summed E-state index contributed by atoms with van der Waals surface area (Å²) < 4.78 is 0. The lowest BCUT2D eigenvalue weighted by atomic mass is 10.6. The highest BCUT2D eigenvalue weighted by atomic mass is 35.5. The number of nitro groups is 1. The quantitative estimate of drug-likeness (QED) is 0.391. The summed E-state index contributed by atoms with van der Waals surface area (Å²) in [5, 5.41) is 17.6. The summed E-state index contributed by atoms with van der Waals surface area (Å²) >= 11 is 6.53. The smallest absolute Gasteiger partial charge is 0.262 e. The Morgan fingerprint density at radius 3 is 2.88 bits per heavy atom. The lowest BCUT2D eigenvalue weighted by Crippen LogP contribution is -1.96. The summed E-state index contributed by atoms with van der Waals surface area (Å²) in [6.45, 7) is 1.72. The zero-order valence-corrected chi connectivity index (χ0v) is 9.99. The molecule has 0 aromatic carbocycles. The molecule has 0 fully saturated rings. The monoisotopic (exact) mass is 272 g/mol. The Balaban J connectivity index is 2.37. The van der Waals surface area contributed by atoms with Crippen molar-refractivity contribution in [2.45, 2.75) is 17.1 Å². The van der Waals surface area contributed by atoms with E-state index in [1.54, 1.807) is 6.92 Å². The van der Waals surface area contributed by atoms with Gasteiger partial charge >= 0.3 is 5.69 Å². The minimum Gasteiger partial charge on any atom is -0.262 e. The molecule has 2 aromatic rings. The number of nitrogens with zero attached hydrogens (tertiary/aromatic N) is 5. The van der Waals surface area contributed by atoms with Gasteiger partial charge in [0.15, 0.2) is 5.03 Å². The molecular weight excluding hydrogens is 268 g/mol. The van der Waals surface area contributed by atoms with Crippen LogP contribution in [0.1, 0.15) is 5.82 Å². The molecule has 10 heteroatoms. The Morgan fingerprint density at radius 2 is 2.29 bits per heavy atom. The number of aromatic nitrogens is 5. The van der Waals surface area contributed by atoms with Crippen LogP contribution in [-0.2, 0) is 0 Å². The number of aromatic amines is 1. The van der Waals surface area contributed by atoms with Gasteiger partial charge in [0.25, 0.3) is 0 Å². The van der Waals surface area contributed by atoms with Crippen molar-refractivity contribution in [2.75, 3.05) is 0 Å². The first-order chi connectivity index (χ1) is 8.06. The van der Waals surface area contributed by atoms with Gasteiger partial charge in [0.2, 0.25) is 10.4 Å². The van der Waals surface area contributed by atoms with Crippen LogP contribution in [-0.4, -0.2) is 30.1 Å². The van der Waals surface area contributed by atoms with Crippen LogP contribution in [0.3, 0.4) is 0 Å². The second-order valence-electron chi connectivity index (χ2n) is 2.89. The van der Waals surface area contributed by atoms with Crippen LogP contribution in [0.15, 0.2) is 16.4 Å². The summed E-state index contributed by atoms with van der Waals surface area (Å²) in [5.41, 5.74) is -0.234. The Bertz CT molecular complexity index is 573. The molecule has 2 heterocycles. The van der Waals surface area contributed by atoms with E-state index >= 15 is 0 Å². The molecule has 1 N–H and O–H groups in total. The molecule has 0 spiro atoms. The number of hydrogen-bond acceptors (Lipinski definition) is 7. The standard InChI is InChI=1S/C7H5ClN6O2S/c1-3-10-7(13-12-3)17-5-4(14(15)16)2-9-6(8)11-5/h2H,1H3,(H,10,12,13). The first-order valence-electron chi connectivity index (χ1n) is 4.30. The maximum absolute atomic E-state index is 10.7. The molecule has 0 unspecified atom stereocenters. The second-order valence-corrected chi connectivity index (χ2v) is 4.19. The van der Waals surface area contributed by atoms with Crippen molar-refractivity contribution in [1.29, 1.82) is 0 Å². The lowest BCUT2D eigenvalue weighted by molar-refractivity contribution is -0.388. The molecule has 88 valence electrons. The maximum Gasteiger partial charge on any atom is 0.320 e. The van der Waals surface area contributed by atoms with Crippen LogP contribution in [0.4, 0.5) is 5.69 Å². The van der Waals surface area contributed by atoms with Crippen molar-refractivity contribution in [3.05, 3.63) is 27.4 Å². The number of halogens is 1.